The molecule has 0 unspecified atom stereocenters. The van der Waals surface area contributed by atoms with Crippen molar-refractivity contribution in [3.63, 3.8) is 0 Å². The standard InChI is InChI=1S/C26H20N2O4S2/c1-16-3-9-19(10-4-16)23(29)27-28-24(30)22(34-26(28)33)15-18-7-13-21(14-8-18)32-25(31)20-11-5-17(2)6-12-20/h3-15H,1-2H3,(H,27,29). The first kappa shape index (κ1) is 23.4. The Hall–Kier alpha value is -3.75. The molecular formula is C26H20N2O4S2. The molecule has 2 amide bonds. The van der Waals surface area contributed by atoms with Gasteiger partial charge in [0.1, 0.15) is 5.75 Å². The Morgan fingerprint density at radius 1 is 0.882 bits per heavy atom. The largest absolute Gasteiger partial charge is 0.423 e. The molecule has 1 saturated heterocycles. The monoisotopic (exact) mass is 488 g/mol. The van der Waals surface area contributed by atoms with Crippen molar-refractivity contribution in [3.8, 4) is 5.75 Å². The maximum atomic E-state index is 12.8. The molecule has 8 heteroatoms. The number of thiocarbonyl (C=S) groups is 1. The zero-order valence-electron chi connectivity index (χ0n) is 18.4. The van der Waals surface area contributed by atoms with Crippen molar-refractivity contribution in [2.24, 2.45) is 0 Å². The summed E-state index contributed by atoms with van der Waals surface area (Å²) in [4.78, 5) is 37.9. The summed E-state index contributed by atoms with van der Waals surface area (Å²) in [5.41, 5.74) is 6.27. The van der Waals surface area contributed by atoms with Crippen LogP contribution in [0.5, 0.6) is 5.75 Å². The van der Waals surface area contributed by atoms with Gasteiger partial charge in [0.25, 0.3) is 11.8 Å². The number of hydrogen-bond donors (Lipinski definition) is 1. The minimum absolute atomic E-state index is 0.236. The van der Waals surface area contributed by atoms with E-state index in [1.807, 2.05) is 38.1 Å². The zero-order valence-corrected chi connectivity index (χ0v) is 20.0. The first-order valence-electron chi connectivity index (χ1n) is 10.3. The lowest BCUT2D eigenvalue weighted by Gasteiger charge is -2.15. The number of rotatable bonds is 5. The van der Waals surface area contributed by atoms with Crippen LogP contribution in [0.2, 0.25) is 0 Å². The minimum atomic E-state index is -0.446. The number of amides is 2. The molecule has 3 aromatic carbocycles. The van der Waals surface area contributed by atoms with Crippen LogP contribution in [0.25, 0.3) is 6.08 Å². The van der Waals surface area contributed by atoms with Gasteiger partial charge in [-0.15, -0.1) is 0 Å². The number of hydrazine groups is 1. The number of aryl methyl sites for hydroxylation is 2. The van der Waals surface area contributed by atoms with Crippen LogP contribution >= 0.6 is 24.0 Å². The summed E-state index contributed by atoms with van der Waals surface area (Å²) < 4.78 is 5.64. The van der Waals surface area contributed by atoms with Crippen LogP contribution in [0.4, 0.5) is 0 Å². The van der Waals surface area contributed by atoms with E-state index in [4.69, 9.17) is 17.0 Å². The summed E-state index contributed by atoms with van der Waals surface area (Å²) in [6, 6.07) is 20.9. The fraction of sp³-hybridized carbons (Fsp3) is 0.0769. The van der Waals surface area contributed by atoms with Crippen LogP contribution in [0, 0.1) is 13.8 Å². The highest BCUT2D eigenvalue weighted by Gasteiger charge is 2.33. The zero-order chi connectivity index (χ0) is 24.2. The normalized spacial score (nSPS) is 14.4. The van der Waals surface area contributed by atoms with E-state index < -0.39 is 17.8 Å². The third-order valence-electron chi connectivity index (χ3n) is 5.00. The summed E-state index contributed by atoms with van der Waals surface area (Å²) in [5, 5.41) is 1.08. The molecule has 0 aromatic heterocycles. The van der Waals surface area contributed by atoms with E-state index in [9.17, 15) is 14.4 Å². The van der Waals surface area contributed by atoms with Gasteiger partial charge in [-0.3, -0.25) is 15.0 Å². The molecule has 0 aliphatic carbocycles. The van der Waals surface area contributed by atoms with Gasteiger partial charge in [-0.2, -0.15) is 5.01 Å². The van der Waals surface area contributed by atoms with Crippen LogP contribution in [-0.2, 0) is 4.79 Å². The number of carbonyl (C=O) groups is 3. The van der Waals surface area contributed by atoms with Gasteiger partial charge in [-0.1, -0.05) is 59.3 Å². The molecule has 1 fully saturated rings. The van der Waals surface area contributed by atoms with Crippen molar-refractivity contribution < 1.29 is 19.1 Å². The number of nitrogens with zero attached hydrogens (tertiary/aromatic N) is 1. The fourth-order valence-electron chi connectivity index (χ4n) is 3.07. The van der Waals surface area contributed by atoms with Crippen molar-refractivity contribution in [2.45, 2.75) is 13.8 Å². The molecule has 170 valence electrons. The minimum Gasteiger partial charge on any atom is -0.423 e. The number of thioether (sulfide) groups is 1. The van der Waals surface area contributed by atoms with Gasteiger partial charge < -0.3 is 4.74 Å². The Labute approximate surface area is 206 Å². The Bertz CT molecular complexity index is 1300. The lowest BCUT2D eigenvalue weighted by Crippen LogP contribution is -2.44. The molecule has 0 bridgehead atoms. The molecule has 4 rings (SSSR count). The molecule has 6 nitrogen and oxygen atoms in total. The predicted octanol–water partition coefficient (Wildman–Crippen LogP) is 5.07. The molecule has 1 aliphatic heterocycles. The molecule has 34 heavy (non-hydrogen) atoms. The Morgan fingerprint density at radius 3 is 2.03 bits per heavy atom. The molecule has 0 radical (unpaired) electrons. The number of benzene rings is 3. The number of nitrogens with one attached hydrogen (secondary N) is 1. The summed E-state index contributed by atoms with van der Waals surface area (Å²) >= 11 is 6.38. The smallest absolute Gasteiger partial charge is 0.343 e. The summed E-state index contributed by atoms with van der Waals surface area (Å²) in [7, 11) is 0. The van der Waals surface area contributed by atoms with Gasteiger partial charge >= 0.3 is 5.97 Å². The second kappa shape index (κ2) is 10.0. The Balaban J connectivity index is 1.41. The van der Waals surface area contributed by atoms with Gasteiger partial charge in [-0.25, -0.2) is 4.79 Å². The van der Waals surface area contributed by atoms with Gasteiger partial charge in [0.05, 0.1) is 10.5 Å². The first-order chi connectivity index (χ1) is 16.3. The van der Waals surface area contributed by atoms with Crippen LogP contribution in [-0.4, -0.2) is 27.1 Å². The highest BCUT2D eigenvalue weighted by Crippen LogP contribution is 2.31. The third kappa shape index (κ3) is 5.41. The molecule has 3 aromatic rings. The molecule has 1 heterocycles. The number of esters is 1. The third-order valence-corrected chi connectivity index (χ3v) is 6.30. The number of ether oxygens (including phenoxy) is 1. The van der Waals surface area contributed by atoms with Crippen molar-refractivity contribution in [1.29, 1.82) is 0 Å². The van der Waals surface area contributed by atoms with Crippen molar-refractivity contribution >= 4 is 52.2 Å². The molecule has 1 N–H and O–H groups in total. The van der Waals surface area contributed by atoms with Crippen LogP contribution in [0.15, 0.2) is 77.7 Å². The second-order valence-electron chi connectivity index (χ2n) is 7.65. The van der Waals surface area contributed by atoms with E-state index in [1.165, 1.54) is 0 Å². The maximum Gasteiger partial charge on any atom is 0.343 e. The molecule has 0 spiro atoms. The van der Waals surface area contributed by atoms with Crippen molar-refractivity contribution in [2.75, 3.05) is 0 Å². The lowest BCUT2D eigenvalue weighted by molar-refractivity contribution is -0.123. The van der Waals surface area contributed by atoms with E-state index in [1.54, 1.807) is 54.6 Å². The van der Waals surface area contributed by atoms with E-state index in [2.05, 4.69) is 5.43 Å². The van der Waals surface area contributed by atoms with Gasteiger partial charge in [0.2, 0.25) is 0 Å². The van der Waals surface area contributed by atoms with Crippen LogP contribution < -0.4 is 10.2 Å². The average molecular weight is 489 g/mol. The molecular weight excluding hydrogens is 468 g/mol. The fourth-order valence-corrected chi connectivity index (χ4v) is 4.25. The van der Waals surface area contributed by atoms with Crippen LogP contribution in [0.3, 0.4) is 0 Å². The first-order valence-corrected chi connectivity index (χ1v) is 11.6. The predicted molar refractivity (Wildman–Crippen MR) is 136 cm³/mol. The van der Waals surface area contributed by atoms with E-state index in [0.29, 0.717) is 21.8 Å². The van der Waals surface area contributed by atoms with E-state index in [0.717, 1.165) is 33.5 Å². The van der Waals surface area contributed by atoms with Gasteiger partial charge in [0, 0.05) is 5.56 Å². The highest BCUT2D eigenvalue weighted by molar-refractivity contribution is 8.26. The summed E-state index contributed by atoms with van der Waals surface area (Å²) in [5.74, 6) is -0.888. The lowest BCUT2D eigenvalue weighted by atomic mass is 10.1. The number of carbonyl (C=O) groups excluding carboxylic acids is 3. The number of hydrogen-bond acceptors (Lipinski definition) is 6. The van der Waals surface area contributed by atoms with E-state index >= 15 is 0 Å². The van der Waals surface area contributed by atoms with Gasteiger partial charge in [-0.05, 0) is 74.1 Å². The molecule has 0 atom stereocenters. The highest BCUT2D eigenvalue weighted by atomic mass is 32.2. The molecule has 1 aliphatic rings. The molecule has 0 saturated carbocycles. The average Bonchev–Trinajstić information content (AvgIpc) is 3.08. The van der Waals surface area contributed by atoms with Crippen molar-refractivity contribution in [1.82, 2.24) is 10.4 Å². The Morgan fingerprint density at radius 2 is 1.44 bits per heavy atom. The topological polar surface area (TPSA) is 75.7 Å². The SMILES string of the molecule is Cc1ccc(C(=O)NN2C(=O)C(=Cc3ccc(OC(=O)c4ccc(C)cc4)cc3)SC2=S)cc1. The summed E-state index contributed by atoms with van der Waals surface area (Å²) in [6.45, 7) is 3.87. The van der Waals surface area contributed by atoms with Crippen molar-refractivity contribution in [3.05, 3.63) is 106 Å². The quantitative estimate of drug-likeness (QED) is 0.234. The Kier molecular flexibility index (Phi) is 6.90. The van der Waals surface area contributed by atoms with Gasteiger partial charge in [0.15, 0.2) is 4.32 Å². The summed E-state index contributed by atoms with van der Waals surface area (Å²) in [6.07, 6.45) is 1.67. The van der Waals surface area contributed by atoms with E-state index in [-0.39, 0.29) is 4.32 Å². The maximum absolute atomic E-state index is 12.8. The van der Waals surface area contributed by atoms with Crippen LogP contribution in [0.1, 0.15) is 37.4 Å². The second-order valence-corrected chi connectivity index (χ2v) is 9.32.